The normalized spacial score (nSPS) is 22.1. The van der Waals surface area contributed by atoms with E-state index in [1.54, 1.807) is 18.2 Å². The van der Waals surface area contributed by atoms with Crippen molar-refractivity contribution in [3.05, 3.63) is 89.0 Å². The van der Waals surface area contributed by atoms with Crippen LogP contribution in [0.4, 0.5) is 5.69 Å². The molecule has 198 valence electrons. The van der Waals surface area contributed by atoms with E-state index in [1.807, 2.05) is 48.5 Å². The summed E-state index contributed by atoms with van der Waals surface area (Å²) in [6.45, 7) is -1.14. The largest absolute Gasteiger partial charge is 0.497 e. The summed E-state index contributed by atoms with van der Waals surface area (Å²) in [4.78, 5) is 53.4. The van der Waals surface area contributed by atoms with Crippen LogP contribution in [0.1, 0.15) is 34.1 Å². The number of nitrogens with zero attached hydrogens (tertiary/aromatic N) is 1. The fourth-order valence-electron chi connectivity index (χ4n) is 6.31. The maximum Gasteiger partial charge on any atom is 0.326 e. The molecule has 1 heterocycles. The Kier molecular flexibility index (Phi) is 6.06. The van der Waals surface area contributed by atoms with Gasteiger partial charge in [0.05, 0.1) is 31.7 Å². The van der Waals surface area contributed by atoms with Gasteiger partial charge in [0.25, 0.3) is 5.91 Å². The van der Waals surface area contributed by atoms with Crippen molar-refractivity contribution in [1.82, 2.24) is 4.90 Å². The Morgan fingerprint density at radius 2 is 1.33 bits per heavy atom. The topological polar surface area (TPSA) is 111 Å². The summed E-state index contributed by atoms with van der Waals surface area (Å²) in [5.74, 6) is -2.97. The SMILES string of the molecule is COc1ccc(OC)c(NC(=O)COC(=O)CN2C(=O)[C@H]3C4c5ccccc5C(c5ccccc54)[C@@H]3C2=O)c1. The first kappa shape index (κ1) is 24.7. The number of benzene rings is 3. The van der Waals surface area contributed by atoms with Crippen LogP contribution in [0.15, 0.2) is 66.7 Å². The van der Waals surface area contributed by atoms with Crippen LogP contribution in [0.5, 0.6) is 11.5 Å². The highest BCUT2D eigenvalue weighted by Gasteiger charge is 2.61. The Hall–Kier alpha value is -4.66. The molecule has 0 unspecified atom stereocenters. The van der Waals surface area contributed by atoms with Gasteiger partial charge in [-0.15, -0.1) is 0 Å². The Morgan fingerprint density at radius 1 is 0.795 bits per heavy atom. The third-order valence-electron chi connectivity index (χ3n) is 7.87. The summed E-state index contributed by atoms with van der Waals surface area (Å²) in [6, 6.07) is 20.7. The number of carbonyl (C=O) groups is 4. The van der Waals surface area contributed by atoms with Crippen LogP contribution in [0.3, 0.4) is 0 Å². The van der Waals surface area contributed by atoms with Crippen molar-refractivity contribution in [1.29, 1.82) is 0 Å². The Morgan fingerprint density at radius 3 is 1.82 bits per heavy atom. The number of nitrogens with one attached hydrogen (secondary N) is 1. The number of esters is 1. The highest BCUT2D eigenvalue weighted by atomic mass is 16.5. The third-order valence-corrected chi connectivity index (χ3v) is 7.87. The molecule has 1 N–H and O–H groups in total. The molecule has 3 aromatic carbocycles. The number of likely N-dealkylation sites (tertiary alicyclic amines) is 1. The van der Waals surface area contributed by atoms with E-state index in [1.165, 1.54) is 14.2 Å². The van der Waals surface area contributed by atoms with Gasteiger partial charge in [-0.2, -0.15) is 0 Å². The van der Waals surface area contributed by atoms with Crippen LogP contribution in [0.2, 0.25) is 0 Å². The van der Waals surface area contributed by atoms with Crippen molar-refractivity contribution < 1.29 is 33.4 Å². The van der Waals surface area contributed by atoms with E-state index >= 15 is 0 Å². The summed E-state index contributed by atoms with van der Waals surface area (Å²) in [6.07, 6.45) is 0. The van der Waals surface area contributed by atoms with Gasteiger partial charge in [0, 0.05) is 17.9 Å². The van der Waals surface area contributed by atoms with Crippen LogP contribution >= 0.6 is 0 Å². The quantitative estimate of drug-likeness (QED) is 0.372. The first-order chi connectivity index (χ1) is 18.9. The van der Waals surface area contributed by atoms with E-state index in [4.69, 9.17) is 14.2 Å². The van der Waals surface area contributed by atoms with Crippen molar-refractivity contribution in [2.75, 3.05) is 32.7 Å². The second kappa shape index (κ2) is 9.58. The number of hydrogen-bond donors (Lipinski definition) is 1. The molecule has 3 amide bonds. The molecule has 2 bridgehead atoms. The van der Waals surface area contributed by atoms with E-state index in [0.29, 0.717) is 17.2 Å². The van der Waals surface area contributed by atoms with Gasteiger partial charge >= 0.3 is 5.97 Å². The maximum atomic E-state index is 13.6. The number of hydrogen-bond acceptors (Lipinski definition) is 7. The van der Waals surface area contributed by atoms with E-state index in [9.17, 15) is 19.2 Å². The predicted molar refractivity (Wildman–Crippen MR) is 139 cm³/mol. The zero-order valence-corrected chi connectivity index (χ0v) is 21.4. The highest BCUT2D eigenvalue weighted by Crippen LogP contribution is 2.60. The van der Waals surface area contributed by atoms with Gasteiger partial charge in [-0.1, -0.05) is 48.5 Å². The molecule has 0 spiro atoms. The van der Waals surface area contributed by atoms with Gasteiger partial charge in [-0.25, -0.2) is 0 Å². The smallest absolute Gasteiger partial charge is 0.326 e. The van der Waals surface area contributed by atoms with E-state index in [-0.39, 0.29) is 23.7 Å². The van der Waals surface area contributed by atoms with Crippen molar-refractivity contribution >= 4 is 29.4 Å². The van der Waals surface area contributed by atoms with Gasteiger partial charge in [-0.3, -0.25) is 24.1 Å². The Balaban J connectivity index is 1.16. The van der Waals surface area contributed by atoms with Crippen molar-refractivity contribution in [3.63, 3.8) is 0 Å². The molecule has 39 heavy (non-hydrogen) atoms. The van der Waals surface area contributed by atoms with E-state index in [0.717, 1.165) is 27.2 Å². The summed E-state index contributed by atoms with van der Waals surface area (Å²) < 4.78 is 15.5. The molecular formula is C30H26N2O7. The van der Waals surface area contributed by atoms with Crippen molar-refractivity contribution in [2.45, 2.75) is 11.8 Å². The molecule has 1 saturated heterocycles. The third kappa shape index (κ3) is 3.93. The average molecular weight is 527 g/mol. The minimum atomic E-state index is -0.842. The lowest BCUT2D eigenvalue weighted by Gasteiger charge is -2.45. The second-order valence-corrected chi connectivity index (χ2v) is 9.80. The fourth-order valence-corrected chi connectivity index (χ4v) is 6.31. The zero-order chi connectivity index (χ0) is 27.3. The molecule has 3 aliphatic carbocycles. The molecule has 9 heteroatoms. The lowest BCUT2D eigenvalue weighted by Crippen LogP contribution is -2.41. The first-order valence-corrected chi connectivity index (χ1v) is 12.6. The summed E-state index contributed by atoms with van der Waals surface area (Å²) in [7, 11) is 2.96. The summed E-state index contributed by atoms with van der Waals surface area (Å²) in [5, 5.41) is 2.61. The van der Waals surface area contributed by atoms with Crippen LogP contribution < -0.4 is 14.8 Å². The molecule has 1 aliphatic heterocycles. The van der Waals surface area contributed by atoms with Crippen LogP contribution in [-0.2, 0) is 23.9 Å². The minimum Gasteiger partial charge on any atom is -0.497 e. The highest BCUT2D eigenvalue weighted by molar-refractivity contribution is 6.09. The summed E-state index contributed by atoms with van der Waals surface area (Å²) in [5.41, 5.74) is 4.56. The minimum absolute atomic E-state index is 0.256. The van der Waals surface area contributed by atoms with Gasteiger partial charge in [0.1, 0.15) is 18.0 Å². The van der Waals surface area contributed by atoms with E-state index in [2.05, 4.69) is 5.32 Å². The first-order valence-electron chi connectivity index (χ1n) is 12.6. The summed E-state index contributed by atoms with van der Waals surface area (Å²) >= 11 is 0. The molecule has 9 nitrogen and oxygen atoms in total. The van der Waals surface area contributed by atoms with Gasteiger partial charge in [0.2, 0.25) is 11.8 Å². The molecule has 2 atom stereocenters. The van der Waals surface area contributed by atoms with Crippen molar-refractivity contribution in [3.8, 4) is 11.5 Å². The zero-order valence-electron chi connectivity index (χ0n) is 21.4. The Bertz CT molecular complexity index is 1400. The molecule has 0 saturated carbocycles. The lowest BCUT2D eigenvalue weighted by atomic mass is 9.55. The molecule has 4 aliphatic rings. The van der Waals surface area contributed by atoms with Crippen LogP contribution in [-0.4, -0.2) is 56.0 Å². The standard InChI is InChI=1S/C30H26N2O7/c1-37-16-11-12-22(38-2)21(13-16)31-23(33)15-39-24(34)14-32-29(35)27-25-17-7-3-4-8-18(17)26(28(27)30(32)36)20-10-6-5-9-19(20)25/h3-13,25-28H,14-15H2,1-2H3,(H,31,33)/t25?,26?,27-,28-/m0/s1. The lowest BCUT2D eigenvalue weighted by molar-refractivity contribution is -0.154. The number of ether oxygens (including phenoxy) is 3. The Labute approximate surface area is 224 Å². The molecular weight excluding hydrogens is 500 g/mol. The number of anilines is 1. The second-order valence-electron chi connectivity index (χ2n) is 9.80. The number of imide groups is 1. The van der Waals surface area contributed by atoms with Gasteiger partial charge < -0.3 is 19.5 Å². The molecule has 0 aromatic heterocycles. The number of methoxy groups -OCH3 is 2. The molecule has 7 rings (SSSR count). The van der Waals surface area contributed by atoms with E-state index < -0.39 is 36.9 Å². The van der Waals surface area contributed by atoms with Crippen LogP contribution in [0, 0.1) is 11.8 Å². The molecule has 3 aromatic rings. The average Bonchev–Trinajstić information content (AvgIpc) is 3.21. The fraction of sp³-hybridized carbons (Fsp3) is 0.267. The predicted octanol–water partition coefficient (Wildman–Crippen LogP) is 3.08. The number of carbonyl (C=O) groups excluding carboxylic acids is 4. The van der Waals surface area contributed by atoms with Gasteiger partial charge in [0.15, 0.2) is 6.61 Å². The van der Waals surface area contributed by atoms with Gasteiger partial charge in [-0.05, 0) is 34.4 Å². The van der Waals surface area contributed by atoms with Crippen LogP contribution in [0.25, 0.3) is 0 Å². The number of amides is 3. The molecule has 0 radical (unpaired) electrons. The maximum absolute atomic E-state index is 13.6. The van der Waals surface area contributed by atoms with Crippen molar-refractivity contribution in [2.24, 2.45) is 11.8 Å². The number of rotatable bonds is 7. The molecule has 1 fully saturated rings. The monoisotopic (exact) mass is 526 g/mol.